The summed E-state index contributed by atoms with van der Waals surface area (Å²) in [5, 5.41) is 10.4. The lowest BCUT2D eigenvalue weighted by molar-refractivity contribution is 0.0323. The number of morpholine rings is 1. The summed E-state index contributed by atoms with van der Waals surface area (Å²) in [6.07, 6.45) is 2.33. The first kappa shape index (κ1) is 32.2. The fraction of sp³-hybridized carbons (Fsp3) is 0.441. The number of carbonyl (C=O) groups is 1. The summed E-state index contributed by atoms with van der Waals surface area (Å²) in [6.45, 7) is 21.5. The van der Waals surface area contributed by atoms with Crippen molar-refractivity contribution in [3.63, 3.8) is 0 Å². The Morgan fingerprint density at radius 1 is 0.955 bits per heavy atom. The second-order valence-electron chi connectivity index (χ2n) is 13.6. The Balaban J connectivity index is 1.39. The van der Waals surface area contributed by atoms with E-state index in [1.807, 2.05) is 36.4 Å². The second-order valence-corrected chi connectivity index (χ2v) is 24.7. The van der Waals surface area contributed by atoms with Crippen molar-refractivity contribution in [2.45, 2.75) is 57.4 Å². The summed E-state index contributed by atoms with van der Waals surface area (Å²) in [4.78, 5) is 15.9. The molecule has 3 N–H and O–H groups in total. The Labute approximate surface area is 264 Å². The van der Waals surface area contributed by atoms with Crippen molar-refractivity contribution in [1.29, 1.82) is 0 Å². The van der Waals surface area contributed by atoms with Crippen LogP contribution in [0.2, 0.25) is 38.8 Å². The van der Waals surface area contributed by atoms with Crippen LogP contribution < -0.4 is 25.8 Å². The molecule has 0 radical (unpaired) electrons. The Hall–Kier alpha value is -3.16. The normalized spacial score (nSPS) is 19.6. The summed E-state index contributed by atoms with van der Waals surface area (Å²) in [7, 11) is -3.62. The molecule has 3 aromatic rings. The molecule has 10 heteroatoms. The van der Waals surface area contributed by atoms with Crippen molar-refractivity contribution >= 4 is 44.3 Å². The van der Waals surface area contributed by atoms with Gasteiger partial charge in [-0.25, -0.2) is 10.2 Å². The monoisotopic (exact) mass is 631 g/mol. The van der Waals surface area contributed by atoms with Crippen LogP contribution >= 0.6 is 0 Å². The highest BCUT2D eigenvalue weighted by Gasteiger charge is 2.57. The fourth-order valence-electron chi connectivity index (χ4n) is 6.44. The lowest BCUT2D eigenvalue weighted by Gasteiger charge is -2.50. The number of ether oxygens (including phenoxy) is 2. The third-order valence-electron chi connectivity index (χ3n) is 9.45. The number of nitrogens with zero attached hydrogens (tertiary/aromatic N) is 2. The Morgan fingerprint density at radius 3 is 2.30 bits per heavy atom. The van der Waals surface area contributed by atoms with Crippen LogP contribution in [0.15, 0.2) is 72.6 Å². The first-order chi connectivity index (χ1) is 20.9. The van der Waals surface area contributed by atoms with Gasteiger partial charge in [-0.15, -0.1) is 0 Å². The summed E-state index contributed by atoms with van der Waals surface area (Å²) in [5.41, 5.74) is 6.91. The molecule has 8 nitrogen and oxygen atoms in total. The summed E-state index contributed by atoms with van der Waals surface area (Å²) in [5.74, 6) is 1.59. The van der Waals surface area contributed by atoms with Gasteiger partial charge < -0.3 is 14.8 Å². The number of nitrogens with one attached hydrogen (secondary N) is 3. The summed E-state index contributed by atoms with van der Waals surface area (Å²) >= 11 is 0. The molecule has 1 unspecified atom stereocenters. The molecule has 236 valence electrons. The second kappa shape index (κ2) is 13.1. The van der Waals surface area contributed by atoms with Gasteiger partial charge in [0, 0.05) is 35.2 Å². The van der Waals surface area contributed by atoms with E-state index in [1.165, 1.54) is 5.56 Å². The van der Waals surface area contributed by atoms with Crippen LogP contribution in [0.25, 0.3) is 10.8 Å². The minimum Gasteiger partial charge on any atom is -0.492 e. The molecule has 0 saturated carbocycles. The Bertz CT molecular complexity index is 1500. The van der Waals surface area contributed by atoms with Crippen LogP contribution in [0.4, 0.5) is 16.2 Å². The minimum absolute atomic E-state index is 0.144. The number of hydrazine groups is 1. The van der Waals surface area contributed by atoms with E-state index in [-0.39, 0.29) is 10.8 Å². The van der Waals surface area contributed by atoms with E-state index in [0.717, 1.165) is 72.6 Å². The zero-order valence-electron chi connectivity index (χ0n) is 27.4. The molecular formula is C34H49N5O3Si2. The number of benzene rings is 3. The topological polar surface area (TPSA) is 78.1 Å². The number of fused-ring (bicyclic) bond motifs is 1. The number of aryl methyl sites for hydroxylation is 1. The van der Waals surface area contributed by atoms with E-state index in [4.69, 9.17) is 9.47 Å². The van der Waals surface area contributed by atoms with E-state index >= 15 is 0 Å². The molecule has 0 spiro atoms. The molecule has 0 aliphatic carbocycles. The third kappa shape index (κ3) is 6.59. The van der Waals surface area contributed by atoms with E-state index in [0.29, 0.717) is 6.61 Å². The molecule has 1 atom stereocenters. The average Bonchev–Trinajstić information content (AvgIpc) is 3.40. The number of urea groups is 1. The van der Waals surface area contributed by atoms with Crippen LogP contribution in [-0.2, 0) is 4.74 Å². The smallest absolute Gasteiger partial charge is 0.324 e. The van der Waals surface area contributed by atoms with E-state index in [2.05, 4.69) is 103 Å². The number of hydrogen-bond acceptors (Lipinski definition) is 6. The van der Waals surface area contributed by atoms with E-state index in [1.54, 1.807) is 0 Å². The quantitative estimate of drug-likeness (QED) is 0.216. The van der Waals surface area contributed by atoms with Crippen LogP contribution in [0, 0.1) is 6.92 Å². The van der Waals surface area contributed by atoms with Gasteiger partial charge in [0.25, 0.3) is 0 Å². The maximum atomic E-state index is 13.7. The number of anilines is 2. The molecule has 1 fully saturated rings. The van der Waals surface area contributed by atoms with Gasteiger partial charge in [-0.2, -0.15) is 0 Å². The van der Waals surface area contributed by atoms with Gasteiger partial charge in [-0.1, -0.05) is 87.7 Å². The van der Waals surface area contributed by atoms with Crippen LogP contribution in [-0.4, -0.2) is 71.3 Å². The van der Waals surface area contributed by atoms with E-state index in [9.17, 15) is 4.79 Å². The van der Waals surface area contributed by atoms with Gasteiger partial charge in [-0.3, -0.25) is 15.2 Å². The van der Waals surface area contributed by atoms with Gasteiger partial charge >= 0.3 is 6.03 Å². The van der Waals surface area contributed by atoms with Gasteiger partial charge in [0.1, 0.15) is 18.2 Å². The molecule has 0 aromatic heterocycles. The molecule has 2 aliphatic rings. The molecule has 2 heterocycles. The minimum atomic E-state index is -1.81. The maximum absolute atomic E-state index is 13.7. The van der Waals surface area contributed by atoms with Crippen molar-refractivity contribution < 1.29 is 14.3 Å². The molecule has 1 saturated heterocycles. The zero-order chi connectivity index (χ0) is 31.5. The van der Waals surface area contributed by atoms with Crippen LogP contribution in [0.3, 0.4) is 0 Å². The molecule has 2 aliphatic heterocycles. The van der Waals surface area contributed by atoms with Gasteiger partial charge in [0.15, 0.2) is 0 Å². The standard InChI is InChI=1S/C34H49N5O3Si2/c1-8-44(6,7)34(43(3,4)5)25-32(39(37-34)27-15-13-26(2)14-16-27)36-33(40)35-30-17-18-31(29-12-10-9-11-28(29)30)42-24-21-38-19-22-41-23-20-38/h9-18,25,37H,8,19-24H2,1-7H3,(H2,35,36,40). The van der Waals surface area contributed by atoms with Crippen molar-refractivity contribution in [2.24, 2.45) is 0 Å². The molecular weight excluding hydrogens is 583 g/mol. The number of hydrogen-bond donors (Lipinski definition) is 3. The number of rotatable bonds is 10. The molecule has 0 bridgehead atoms. The molecule has 5 rings (SSSR count). The molecule has 2 amide bonds. The molecule has 44 heavy (non-hydrogen) atoms. The highest BCUT2D eigenvalue weighted by molar-refractivity contribution is 7.00. The van der Waals surface area contributed by atoms with Crippen molar-refractivity contribution in [3.05, 3.63) is 78.1 Å². The zero-order valence-corrected chi connectivity index (χ0v) is 29.4. The maximum Gasteiger partial charge on any atom is 0.324 e. The summed E-state index contributed by atoms with van der Waals surface area (Å²) < 4.78 is 11.7. The highest BCUT2D eigenvalue weighted by atomic mass is 28.4. The van der Waals surface area contributed by atoms with Crippen molar-refractivity contribution in [2.75, 3.05) is 49.8 Å². The van der Waals surface area contributed by atoms with Crippen LogP contribution in [0.5, 0.6) is 5.75 Å². The predicted octanol–water partition coefficient (Wildman–Crippen LogP) is 6.73. The van der Waals surface area contributed by atoms with Gasteiger partial charge in [0.05, 0.1) is 40.7 Å². The first-order valence-corrected chi connectivity index (χ1v) is 22.5. The van der Waals surface area contributed by atoms with Gasteiger partial charge in [0.2, 0.25) is 0 Å². The molecule has 3 aromatic carbocycles. The third-order valence-corrected chi connectivity index (χ3v) is 20.5. The van der Waals surface area contributed by atoms with Gasteiger partial charge in [-0.05, 0) is 37.3 Å². The van der Waals surface area contributed by atoms with Crippen molar-refractivity contribution in [1.82, 2.24) is 15.6 Å². The average molecular weight is 632 g/mol. The first-order valence-electron chi connectivity index (χ1n) is 15.8. The summed E-state index contributed by atoms with van der Waals surface area (Å²) in [6, 6.07) is 21.3. The number of amides is 2. The fourth-order valence-corrected chi connectivity index (χ4v) is 17.6. The van der Waals surface area contributed by atoms with E-state index < -0.39 is 16.1 Å². The largest absolute Gasteiger partial charge is 0.492 e. The highest BCUT2D eigenvalue weighted by Crippen LogP contribution is 2.41. The Kier molecular flexibility index (Phi) is 9.57. The number of carbonyl (C=O) groups excluding carboxylic acids is 1. The SMILES string of the molecule is CC[Si](C)(C)C1([Si](C)(C)C)C=C(NC(=O)Nc2ccc(OCCN3CCOCC3)c3ccccc23)N(c2ccc(C)cc2)N1. The Morgan fingerprint density at radius 2 is 1.64 bits per heavy atom. The van der Waals surface area contributed by atoms with Crippen LogP contribution in [0.1, 0.15) is 12.5 Å². The van der Waals surface area contributed by atoms with Crippen molar-refractivity contribution in [3.8, 4) is 5.75 Å². The predicted molar refractivity (Wildman–Crippen MR) is 188 cm³/mol. The lowest BCUT2D eigenvalue weighted by atomic mass is 10.1. The lowest BCUT2D eigenvalue weighted by Crippen LogP contribution is -2.74.